The highest BCUT2D eigenvalue weighted by Gasteiger charge is 2.20. The third kappa shape index (κ3) is 3.25. The first-order valence-electron chi connectivity index (χ1n) is 5.30. The molecule has 0 spiro atoms. The van der Waals surface area contributed by atoms with Gasteiger partial charge in [0.1, 0.15) is 11.6 Å². The van der Waals surface area contributed by atoms with E-state index in [2.05, 4.69) is 5.32 Å². The summed E-state index contributed by atoms with van der Waals surface area (Å²) < 4.78 is 25.9. The van der Waals surface area contributed by atoms with Crippen molar-refractivity contribution in [1.29, 1.82) is 0 Å². The molecule has 1 unspecified atom stereocenters. The van der Waals surface area contributed by atoms with E-state index in [1.807, 2.05) is 13.8 Å². The van der Waals surface area contributed by atoms with Crippen molar-refractivity contribution in [3.8, 4) is 0 Å². The number of benzene rings is 1. The predicted molar refractivity (Wildman–Crippen MR) is 59.0 cm³/mol. The number of nitrogens with one attached hydrogen (secondary N) is 1. The highest BCUT2D eigenvalue weighted by atomic mass is 19.1. The number of aliphatic hydroxyl groups excluding tert-OH is 1. The Kier molecular flexibility index (Phi) is 4.38. The summed E-state index contributed by atoms with van der Waals surface area (Å²) in [6.45, 7) is 4.04. The van der Waals surface area contributed by atoms with Gasteiger partial charge in [0.05, 0.1) is 6.61 Å². The second-order valence-corrected chi connectivity index (χ2v) is 4.16. The number of halogens is 2. The zero-order valence-corrected chi connectivity index (χ0v) is 9.56. The molecule has 0 saturated carbocycles. The van der Waals surface area contributed by atoms with Gasteiger partial charge in [-0.3, -0.25) is 0 Å². The van der Waals surface area contributed by atoms with E-state index >= 15 is 0 Å². The molecule has 0 heterocycles. The molecule has 0 saturated heterocycles. The smallest absolute Gasteiger partial charge is 0.130 e. The average molecular weight is 229 g/mol. The topological polar surface area (TPSA) is 32.3 Å². The van der Waals surface area contributed by atoms with Gasteiger partial charge in [0.15, 0.2) is 0 Å². The van der Waals surface area contributed by atoms with E-state index in [-0.39, 0.29) is 13.2 Å². The normalized spacial score (nSPS) is 14.8. The summed E-state index contributed by atoms with van der Waals surface area (Å²) in [5.74, 6) is -1.15. The van der Waals surface area contributed by atoms with E-state index < -0.39 is 17.2 Å². The van der Waals surface area contributed by atoms with Gasteiger partial charge in [-0.2, -0.15) is 0 Å². The van der Waals surface area contributed by atoms with Crippen LogP contribution in [0.3, 0.4) is 0 Å². The highest BCUT2D eigenvalue weighted by Crippen LogP contribution is 2.13. The van der Waals surface area contributed by atoms with Crippen molar-refractivity contribution < 1.29 is 13.9 Å². The lowest BCUT2D eigenvalue weighted by molar-refractivity contribution is 0.168. The van der Waals surface area contributed by atoms with E-state index in [9.17, 15) is 8.78 Å². The summed E-state index contributed by atoms with van der Waals surface area (Å²) in [4.78, 5) is 0. The number of hydrogen-bond acceptors (Lipinski definition) is 2. The second-order valence-electron chi connectivity index (χ2n) is 4.16. The first-order valence-corrected chi connectivity index (χ1v) is 5.30. The molecule has 2 N–H and O–H groups in total. The number of rotatable bonds is 5. The van der Waals surface area contributed by atoms with Crippen molar-refractivity contribution >= 4 is 0 Å². The minimum atomic E-state index is -0.582. The molecule has 0 fully saturated rings. The maximum absolute atomic E-state index is 13.3. The van der Waals surface area contributed by atoms with Crippen LogP contribution in [0.1, 0.15) is 25.8 Å². The van der Waals surface area contributed by atoms with E-state index in [0.717, 1.165) is 12.5 Å². The Morgan fingerprint density at radius 1 is 1.38 bits per heavy atom. The number of hydrogen-bond donors (Lipinski definition) is 2. The molecule has 0 aliphatic carbocycles. The molecule has 1 aromatic carbocycles. The molecular weight excluding hydrogens is 212 g/mol. The summed E-state index contributed by atoms with van der Waals surface area (Å²) in [5, 5.41) is 12.2. The summed E-state index contributed by atoms with van der Waals surface area (Å²) in [7, 11) is 0. The summed E-state index contributed by atoms with van der Waals surface area (Å²) >= 11 is 0. The van der Waals surface area contributed by atoms with Crippen LogP contribution in [-0.2, 0) is 6.54 Å². The predicted octanol–water partition coefficient (Wildman–Crippen LogP) is 2.22. The Bertz CT molecular complexity index is 351. The fourth-order valence-electron chi connectivity index (χ4n) is 1.27. The van der Waals surface area contributed by atoms with Crippen molar-refractivity contribution in [3.63, 3.8) is 0 Å². The van der Waals surface area contributed by atoms with Gasteiger partial charge in [0, 0.05) is 23.7 Å². The van der Waals surface area contributed by atoms with E-state index in [1.165, 1.54) is 12.1 Å². The lowest BCUT2D eigenvalue weighted by Gasteiger charge is -2.27. The van der Waals surface area contributed by atoms with Crippen LogP contribution < -0.4 is 5.32 Å². The molecular formula is C12H17F2NO. The first kappa shape index (κ1) is 13.1. The Morgan fingerprint density at radius 2 is 2.06 bits per heavy atom. The molecule has 0 radical (unpaired) electrons. The van der Waals surface area contributed by atoms with E-state index in [0.29, 0.717) is 5.56 Å². The van der Waals surface area contributed by atoms with Gasteiger partial charge >= 0.3 is 0 Å². The maximum Gasteiger partial charge on any atom is 0.130 e. The van der Waals surface area contributed by atoms with E-state index in [1.54, 1.807) is 0 Å². The number of aliphatic hydroxyl groups is 1. The molecule has 0 aliphatic rings. The minimum absolute atomic E-state index is 0.0215. The molecule has 0 bridgehead atoms. The zero-order chi connectivity index (χ0) is 12.2. The molecule has 90 valence electrons. The summed E-state index contributed by atoms with van der Waals surface area (Å²) in [6, 6.07) is 3.49. The maximum atomic E-state index is 13.3. The SMILES string of the molecule is CCC(C)(CO)NCc1ccc(F)cc1F. The molecule has 0 amide bonds. The van der Waals surface area contributed by atoms with Crippen LogP contribution in [0.15, 0.2) is 18.2 Å². The third-order valence-corrected chi connectivity index (χ3v) is 2.85. The van der Waals surface area contributed by atoms with Crippen molar-refractivity contribution in [2.75, 3.05) is 6.61 Å². The van der Waals surface area contributed by atoms with E-state index in [4.69, 9.17) is 5.11 Å². The van der Waals surface area contributed by atoms with Crippen LogP contribution in [0.25, 0.3) is 0 Å². The Morgan fingerprint density at radius 3 is 2.56 bits per heavy atom. The van der Waals surface area contributed by atoms with Crippen LogP contribution in [0.4, 0.5) is 8.78 Å². The summed E-state index contributed by atoms with van der Waals surface area (Å²) in [6.07, 6.45) is 0.728. The third-order valence-electron chi connectivity index (χ3n) is 2.85. The van der Waals surface area contributed by atoms with Crippen LogP contribution in [0.5, 0.6) is 0 Å². The molecule has 16 heavy (non-hydrogen) atoms. The molecule has 0 aromatic heterocycles. The fraction of sp³-hybridized carbons (Fsp3) is 0.500. The fourth-order valence-corrected chi connectivity index (χ4v) is 1.27. The largest absolute Gasteiger partial charge is 0.394 e. The van der Waals surface area contributed by atoms with Gasteiger partial charge in [-0.25, -0.2) is 8.78 Å². The van der Waals surface area contributed by atoms with Gasteiger partial charge in [0.25, 0.3) is 0 Å². The molecule has 1 atom stereocenters. The highest BCUT2D eigenvalue weighted by molar-refractivity contribution is 5.18. The Labute approximate surface area is 94.3 Å². The molecule has 1 aromatic rings. The van der Waals surface area contributed by atoms with Gasteiger partial charge in [-0.15, -0.1) is 0 Å². The van der Waals surface area contributed by atoms with Crippen molar-refractivity contribution in [2.24, 2.45) is 0 Å². The second kappa shape index (κ2) is 5.37. The van der Waals surface area contributed by atoms with Crippen LogP contribution in [0, 0.1) is 11.6 Å². The lowest BCUT2D eigenvalue weighted by Crippen LogP contribution is -2.44. The van der Waals surface area contributed by atoms with Crippen LogP contribution >= 0.6 is 0 Å². The first-order chi connectivity index (χ1) is 7.50. The quantitative estimate of drug-likeness (QED) is 0.811. The standard InChI is InChI=1S/C12H17F2NO/c1-3-12(2,8-16)15-7-9-4-5-10(13)6-11(9)14/h4-6,15-16H,3,7-8H2,1-2H3. The van der Waals surface area contributed by atoms with Crippen LogP contribution in [0.2, 0.25) is 0 Å². The minimum Gasteiger partial charge on any atom is -0.394 e. The molecule has 2 nitrogen and oxygen atoms in total. The van der Waals surface area contributed by atoms with Gasteiger partial charge in [-0.05, 0) is 19.4 Å². The van der Waals surface area contributed by atoms with Crippen molar-refractivity contribution in [1.82, 2.24) is 5.32 Å². The van der Waals surface area contributed by atoms with Crippen molar-refractivity contribution in [2.45, 2.75) is 32.4 Å². The Balaban J connectivity index is 2.67. The summed E-state index contributed by atoms with van der Waals surface area (Å²) in [5.41, 5.74) is -0.0320. The van der Waals surface area contributed by atoms with Crippen molar-refractivity contribution in [3.05, 3.63) is 35.4 Å². The molecule has 1 rings (SSSR count). The molecule has 0 aliphatic heterocycles. The lowest BCUT2D eigenvalue weighted by atomic mass is 10.00. The van der Waals surface area contributed by atoms with Gasteiger partial charge < -0.3 is 10.4 Å². The average Bonchev–Trinajstić information content (AvgIpc) is 2.27. The van der Waals surface area contributed by atoms with Crippen LogP contribution in [-0.4, -0.2) is 17.3 Å². The Hall–Kier alpha value is -1.00. The molecule has 4 heteroatoms. The zero-order valence-electron chi connectivity index (χ0n) is 9.56. The van der Waals surface area contributed by atoms with Gasteiger partial charge in [-0.1, -0.05) is 13.0 Å². The van der Waals surface area contributed by atoms with Gasteiger partial charge in [0.2, 0.25) is 0 Å². The monoisotopic (exact) mass is 229 g/mol.